The molecule has 0 saturated heterocycles. The van der Waals surface area contributed by atoms with Crippen LogP contribution < -0.4 is 14.8 Å². The number of benzene rings is 2. The van der Waals surface area contributed by atoms with Crippen molar-refractivity contribution >= 4 is 33.2 Å². The van der Waals surface area contributed by atoms with E-state index in [0.29, 0.717) is 0 Å². The first-order chi connectivity index (χ1) is 12.9. The lowest BCUT2D eigenvalue weighted by atomic mass is 10.2. The monoisotopic (exact) mass is 436 g/mol. The van der Waals surface area contributed by atoms with Crippen molar-refractivity contribution in [1.82, 2.24) is 4.72 Å². The van der Waals surface area contributed by atoms with Crippen LogP contribution in [0.3, 0.4) is 0 Å². The predicted octanol–water partition coefficient (Wildman–Crippen LogP) is 4.18. The van der Waals surface area contributed by atoms with Crippen molar-refractivity contribution in [3.8, 4) is 5.75 Å². The molecular formula is C17H16ClF3N2O4S. The highest BCUT2D eigenvalue weighted by Gasteiger charge is 2.31. The van der Waals surface area contributed by atoms with Gasteiger partial charge in [-0.25, -0.2) is 13.1 Å². The molecule has 0 unspecified atom stereocenters. The first kappa shape index (κ1) is 22.0. The zero-order chi connectivity index (χ0) is 21.1. The molecule has 0 bridgehead atoms. The number of carbonyl (C=O) groups is 1. The maximum Gasteiger partial charge on any atom is 0.573 e. The maximum absolute atomic E-state index is 12.5. The van der Waals surface area contributed by atoms with Gasteiger partial charge >= 0.3 is 6.36 Å². The second kappa shape index (κ2) is 8.38. The van der Waals surface area contributed by atoms with Crippen molar-refractivity contribution < 1.29 is 31.1 Å². The minimum atomic E-state index is -4.88. The van der Waals surface area contributed by atoms with E-state index in [9.17, 15) is 26.4 Å². The van der Waals surface area contributed by atoms with Crippen LogP contribution in [0.15, 0.2) is 47.4 Å². The third kappa shape index (κ3) is 6.11. The highest BCUT2D eigenvalue weighted by Crippen LogP contribution is 2.26. The van der Waals surface area contributed by atoms with Crippen molar-refractivity contribution in [3.05, 3.63) is 53.1 Å². The molecule has 0 spiro atoms. The predicted molar refractivity (Wildman–Crippen MR) is 98.0 cm³/mol. The highest BCUT2D eigenvalue weighted by molar-refractivity contribution is 7.89. The van der Waals surface area contributed by atoms with Gasteiger partial charge in [-0.3, -0.25) is 4.79 Å². The molecular weight excluding hydrogens is 421 g/mol. The van der Waals surface area contributed by atoms with Gasteiger partial charge in [0, 0.05) is 17.8 Å². The van der Waals surface area contributed by atoms with Crippen molar-refractivity contribution in [2.24, 2.45) is 0 Å². The van der Waals surface area contributed by atoms with E-state index in [1.54, 1.807) is 13.8 Å². The molecule has 2 rings (SSSR count). The molecule has 0 heterocycles. The molecule has 0 aliphatic carbocycles. The summed E-state index contributed by atoms with van der Waals surface area (Å²) in [6.07, 6.45) is -4.88. The van der Waals surface area contributed by atoms with Crippen molar-refractivity contribution in [3.63, 3.8) is 0 Å². The number of hydrogen-bond acceptors (Lipinski definition) is 4. The average molecular weight is 437 g/mol. The Morgan fingerprint density at radius 3 is 2.43 bits per heavy atom. The molecule has 0 fully saturated rings. The lowest BCUT2D eigenvalue weighted by Crippen LogP contribution is -2.30. The average Bonchev–Trinajstić information content (AvgIpc) is 2.52. The number of carbonyl (C=O) groups excluding carboxylic acids is 1. The SMILES string of the molecule is CC(C)NS(=O)(=O)c1ccc(Cl)c(C(=O)Nc2cccc(OC(F)(F)F)c2)c1. The fraction of sp³-hybridized carbons (Fsp3) is 0.235. The van der Waals surface area contributed by atoms with E-state index in [-0.39, 0.29) is 27.2 Å². The van der Waals surface area contributed by atoms with Crippen LogP contribution in [0.4, 0.5) is 18.9 Å². The van der Waals surface area contributed by atoms with Gasteiger partial charge < -0.3 is 10.1 Å². The molecule has 11 heteroatoms. The molecule has 0 aromatic heterocycles. The van der Waals surface area contributed by atoms with Crippen molar-refractivity contribution in [1.29, 1.82) is 0 Å². The Kier molecular flexibility index (Phi) is 6.58. The minimum Gasteiger partial charge on any atom is -0.406 e. The topological polar surface area (TPSA) is 84.5 Å². The number of nitrogens with one attached hydrogen (secondary N) is 2. The molecule has 28 heavy (non-hydrogen) atoms. The first-order valence-electron chi connectivity index (χ1n) is 7.86. The van der Waals surface area contributed by atoms with E-state index >= 15 is 0 Å². The molecule has 2 aromatic carbocycles. The number of halogens is 4. The fourth-order valence-corrected chi connectivity index (χ4v) is 3.67. The molecule has 1 amide bonds. The van der Waals surface area contributed by atoms with Crippen LogP contribution >= 0.6 is 11.6 Å². The molecule has 0 aliphatic rings. The molecule has 0 atom stereocenters. The Labute approximate surface area is 164 Å². The van der Waals surface area contributed by atoms with Gasteiger partial charge in [0.05, 0.1) is 15.5 Å². The van der Waals surface area contributed by atoms with Gasteiger partial charge in [-0.2, -0.15) is 0 Å². The summed E-state index contributed by atoms with van der Waals surface area (Å²) in [5.74, 6) is -1.32. The highest BCUT2D eigenvalue weighted by atomic mass is 35.5. The Bertz CT molecular complexity index is 979. The number of amides is 1. The lowest BCUT2D eigenvalue weighted by Gasteiger charge is -2.13. The molecule has 2 aromatic rings. The number of sulfonamides is 1. The Morgan fingerprint density at radius 2 is 1.82 bits per heavy atom. The van der Waals surface area contributed by atoms with Crippen LogP contribution in [0, 0.1) is 0 Å². The van der Waals surface area contributed by atoms with E-state index in [2.05, 4.69) is 14.8 Å². The summed E-state index contributed by atoms with van der Waals surface area (Å²) in [6, 6.07) is 7.84. The van der Waals surface area contributed by atoms with Gasteiger partial charge in [-0.05, 0) is 44.2 Å². The van der Waals surface area contributed by atoms with Crippen LogP contribution in [0.5, 0.6) is 5.75 Å². The summed E-state index contributed by atoms with van der Waals surface area (Å²) in [7, 11) is -3.87. The molecule has 0 radical (unpaired) electrons. The van der Waals surface area contributed by atoms with E-state index in [1.165, 1.54) is 24.3 Å². The van der Waals surface area contributed by atoms with Crippen molar-refractivity contribution in [2.45, 2.75) is 31.1 Å². The Morgan fingerprint density at radius 1 is 1.14 bits per heavy atom. The number of rotatable bonds is 6. The van der Waals surface area contributed by atoms with E-state index in [0.717, 1.165) is 18.2 Å². The third-order valence-corrected chi connectivity index (χ3v) is 5.19. The maximum atomic E-state index is 12.5. The molecule has 6 nitrogen and oxygen atoms in total. The summed E-state index contributed by atoms with van der Waals surface area (Å²) in [6.45, 7) is 3.27. The number of hydrogen-bond donors (Lipinski definition) is 2. The molecule has 2 N–H and O–H groups in total. The van der Waals surface area contributed by atoms with Gasteiger partial charge in [-0.15, -0.1) is 13.2 Å². The molecule has 0 saturated carbocycles. The number of ether oxygens (including phenoxy) is 1. The van der Waals surface area contributed by atoms with Crippen LogP contribution in [0.2, 0.25) is 5.02 Å². The first-order valence-corrected chi connectivity index (χ1v) is 9.72. The van der Waals surface area contributed by atoms with Crippen molar-refractivity contribution in [2.75, 3.05) is 5.32 Å². The van der Waals surface area contributed by atoms with E-state index in [1.807, 2.05) is 0 Å². The third-order valence-electron chi connectivity index (χ3n) is 3.21. The largest absolute Gasteiger partial charge is 0.573 e. The lowest BCUT2D eigenvalue weighted by molar-refractivity contribution is -0.274. The summed E-state index contributed by atoms with van der Waals surface area (Å²) in [5, 5.41) is 2.33. The molecule has 0 aliphatic heterocycles. The van der Waals surface area contributed by atoms with Gasteiger partial charge in [0.25, 0.3) is 5.91 Å². The summed E-state index contributed by atoms with van der Waals surface area (Å²) < 4.78 is 67.6. The van der Waals surface area contributed by atoms with E-state index < -0.39 is 28.0 Å². The van der Waals surface area contributed by atoms with Crippen LogP contribution in [-0.4, -0.2) is 26.7 Å². The Hall–Kier alpha value is -2.30. The standard InChI is InChI=1S/C17H16ClF3N2O4S/c1-10(2)23-28(25,26)13-6-7-15(18)14(9-13)16(24)22-11-4-3-5-12(8-11)27-17(19,20)21/h3-10,23H,1-2H3,(H,22,24). The van der Waals surface area contributed by atoms with Crippen LogP contribution in [-0.2, 0) is 10.0 Å². The van der Waals surface area contributed by atoms with Gasteiger partial charge in [0.15, 0.2) is 0 Å². The van der Waals surface area contributed by atoms with Gasteiger partial charge in [-0.1, -0.05) is 17.7 Å². The van der Waals surface area contributed by atoms with Gasteiger partial charge in [0.1, 0.15) is 5.75 Å². The number of anilines is 1. The smallest absolute Gasteiger partial charge is 0.406 e. The molecule has 152 valence electrons. The van der Waals surface area contributed by atoms with Gasteiger partial charge in [0.2, 0.25) is 10.0 Å². The normalized spacial score (nSPS) is 12.1. The number of alkyl halides is 3. The second-order valence-corrected chi connectivity index (χ2v) is 8.07. The summed E-state index contributed by atoms with van der Waals surface area (Å²) >= 11 is 5.98. The quantitative estimate of drug-likeness (QED) is 0.711. The fourth-order valence-electron chi connectivity index (χ4n) is 2.19. The second-order valence-electron chi connectivity index (χ2n) is 5.95. The summed E-state index contributed by atoms with van der Waals surface area (Å²) in [5.41, 5.74) is -0.146. The van der Waals surface area contributed by atoms with E-state index in [4.69, 9.17) is 11.6 Å². The van der Waals surface area contributed by atoms with Crippen LogP contribution in [0.1, 0.15) is 24.2 Å². The zero-order valence-electron chi connectivity index (χ0n) is 14.7. The summed E-state index contributed by atoms with van der Waals surface area (Å²) in [4.78, 5) is 12.3. The zero-order valence-corrected chi connectivity index (χ0v) is 16.2. The van der Waals surface area contributed by atoms with Crippen LogP contribution in [0.25, 0.3) is 0 Å². The minimum absolute atomic E-state index is 0.0105. The Balaban J connectivity index is 2.28.